The zero-order valence-electron chi connectivity index (χ0n) is 10.8. The lowest BCUT2D eigenvalue weighted by molar-refractivity contribution is -0.151. The molecule has 0 fully saturated rings. The van der Waals surface area contributed by atoms with Gasteiger partial charge >= 0.3 is 0 Å². The van der Waals surface area contributed by atoms with Gasteiger partial charge in [-0.15, -0.1) is 0 Å². The van der Waals surface area contributed by atoms with Gasteiger partial charge in [0.15, 0.2) is 17.8 Å². The minimum Gasteiger partial charge on any atom is -0.454 e. The molecule has 4 nitrogen and oxygen atoms in total. The van der Waals surface area contributed by atoms with Gasteiger partial charge in [0.1, 0.15) is 0 Å². The molecule has 0 saturated heterocycles. The molecule has 0 aliphatic carbocycles. The number of rotatable bonds is 1. The molecule has 2 aliphatic rings. The number of ether oxygens (including phenoxy) is 3. The van der Waals surface area contributed by atoms with E-state index in [2.05, 4.69) is 0 Å². The van der Waals surface area contributed by atoms with Crippen LogP contribution in [0, 0.1) is 0 Å². The molecule has 0 radical (unpaired) electrons. The second kappa shape index (κ2) is 4.51. The highest BCUT2D eigenvalue weighted by Crippen LogP contribution is 2.40. The normalized spacial score (nSPS) is 23.4. The molecule has 0 saturated carbocycles. The Morgan fingerprint density at radius 2 is 1.85 bits per heavy atom. The molecule has 4 heteroatoms. The summed E-state index contributed by atoms with van der Waals surface area (Å²) in [4.78, 5) is 0. The van der Waals surface area contributed by atoms with E-state index in [-0.39, 0.29) is 12.9 Å². The highest BCUT2D eigenvalue weighted by molar-refractivity contribution is 5.45. The molecule has 0 spiro atoms. The summed E-state index contributed by atoms with van der Waals surface area (Å²) in [6.07, 6.45) is -0.308. The van der Waals surface area contributed by atoms with E-state index >= 15 is 0 Å². The molecule has 2 heterocycles. The largest absolute Gasteiger partial charge is 0.454 e. The lowest BCUT2D eigenvalue weighted by atomic mass is 9.94. The second-order valence-corrected chi connectivity index (χ2v) is 4.99. The van der Waals surface area contributed by atoms with Crippen molar-refractivity contribution in [3.05, 3.63) is 59.2 Å². The van der Waals surface area contributed by atoms with E-state index in [0.717, 1.165) is 34.6 Å². The third-order valence-electron chi connectivity index (χ3n) is 3.79. The molecule has 2 aliphatic heterocycles. The topological polar surface area (TPSA) is 47.9 Å². The fourth-order valence-electron chi connectivity index (χ4n) is 2.75. The fraction of sp³-hybridized carbons (Fsp3) is 0.250. The third-order valence-corrected chi connectivity index (χ3v) is 3.79. The molecule has 2 unspecified atom stereocenters. The van der Waals surface area contributed by atoms with Crippen molar-refractivity contribution in [1.29, 1.82) is 0 Å². The van der Waals surface area contributed by atoms with Crippen LogP contribution in [0.4, 0.5) is 0 Å². The van der Waals surface area contributed by atoms with E-state index in [0.29, 0.717) is 0 Å². The van der Waals surface area contributed by atoms with E-state index in [9.17, 15) is 5.11 Å². The minimum absolute atomic E-state index is 0.172. The maximum atomic E-state index is 10.1. The number of fused-ring (bicyclic) bond motifs is 2. The predicted octanol–water partition coefficient (Wildman–Crippen LogP) is 2.72. The van der Waals surface area contributed by atoms with Gasteiger partial charge in [0, 0.05) is 12.0 Å². The lowest BCUT2D eigenvalue weighted by Gasteiger charge is -2.29. The SMILES string of the molecule is OC1OC(c2ccc3c(c2)OCO3)Cc2ccccc21. The van der Waals surface area contributed by atoms with Crippen LogP contribution in [-0.4, -0.2) is 11.9 Å². The number of hydrogen-bond donors (Lipinski definition) is 1. The zero-order chi connectivity index (χ0) is 13.5. The first-order valence-electron chi connectivity index (χ1n) is 6.62. The Balaban J connectivity index is 1.68. The van der Waals surface area contributed by atoms with Crippen LogP contribution in [0.3, 0.4) is 0 Å². The van der Waals surface area contributed by atoms with E-state index in [1.807, 2.05) is 42.5 Å². The van der Waals surface area contributed by atoms with Crippen molar-refractivity contribution in [3.63, 3.8) is 0 Å². The second-order valence-electron chi connectivity index (χ2n) is 4.99. The smallest absolute Gasteiger partial charge is 0.231 e. The molecule has 1 N–H and O–H groups in total. The van der Waals surface area contributed by atoms with Crippen molar-refractivity contribution in [2.45, 2.75) is 18.8 Å². The van der Waals surface area contributed by atoms with Crippen molar-refractivity contribution >= 4 is 0 Å². The summed E-state index contributed by atoms with van der Waals surface area (Å²) < 4.78 is 16.4. The summed E-state index contributed by atoms with van der Waals surface area (Å²) in [5, 5.41) is 10.1. The molecule has 0 aromatic heterocycles. The molecule has 2 atom stereocenters. The van der Waals surface area contributed by atoms with E-state index in [1.165, 1.54) is 0 Å². The number of hydrogen-bond acceptors (Lipinski definition) is 4. The van der Waals surface area contributed by atoms with Gasteiger partial charge in [-0.2, -0.15) is 0 Å². The average Bonchev–Trinajstić information content (AvgIpc) is 2.94. The van der Waals surface area contributed by atoms with Crippen molar-refractivity contribution < 1.29 is 19.3 Å². The van der Waals surface area contributed by atoms with Gasteiger partial charge in [0.25, 0.3) is 0 Å². The van der Waals surface area contributed by atoms with Gasteiger partial charge in [0.2, 0.25) is 6.79 Å². The van der Waals surface area contributed by atoms with Crippen molar-refractivity contribution in [3.8, 4) is 11.5 Å². The first-order chi connectivity index (χ1) is 9.81. The summed E-state index contributed by atoms with van der Waals surface area (Å²) in [5.41, 5.74) is 2.96. The fourth-order valence-corrected chi connectivity index (χ4v) is 2.75. The molecule has 2 aromatic rings. The van der Waals surface area contributed by atoms with Gasteiger partial charge < -0.3 is 19.3 Å². The first kappa shape index (κ1) is 11.8. The molecule has 4 rings (SSSR count). The molecule has 102 valence electrons. The Kier molecular flexibility index (Phi) is 2.65. The van der Waals surface area contributed by atoms with Crippen LogP contribution in [-0.2, 0) is 11.2 Å². The lowest BCUT2D eigenvalue weighted by Crippen LogP contribution is -2.20. The van der Waals surface area contributed by atoms with Crippen LogP contribution >= 0.6 is 0 Å². The van der Waals surface area contributed by atoms with Crippen LogP contribution < -0.4 is 9.47 Å². The molecule has 0 bridgehead atoms. The van der Waals surface area contributed by atoms with Crippen molar-refractivity contribution in [2.75, 3.05) is 6.79 Å². The Bertz CT molecular complexity index is 653. The Labute approximate surface area is 116 Å². The van der Waals surface area contributed by atoms with E-state index in [4.69, 9.17) is 14.2 Å². The number of aliphatic hydroxyl groups excluding tert-OH is 1. The van der Waals surface area contributed by atoms with Crippen LogP contribution in [0.2, 0.25) is 0 Å². The highest BCUT2D eigenvalue weighted by atomic mass is 16.7. The molecular formula is C16H14O4. The summed E-state index contributed by atoms with van der Waals surface area (Å²) >= 11 is 0. The van der Waals surface area contributed by atoms with Gasteiger partial charge in [0.05, 0.1) is 6.10 Å². The van der Waals surface area contributed by atoms with Gasteiger partial charge in [-0.1, -0.05) is 30.3 Å². The predicted molar refractivity (Wildman–Crippen MR) is 71.5 cm³/mol. The standard InChI is InChI=1S/C16H14O4/c17-16-12-4-2-1-3-10(12)7-14(20-16)11-5-6-13-15(8-11)19-9-18-13/h1-6,8,14,16-17H,7,9H2. The van der Waals surface area contributed by atoms with Crippen molar-refractivity contribution in [2.24, 2.45) is 0 Å². The highest BCUT2D eigenvalue weighted by Gasteiger charge is 2.28. The number of aliphatic hydroxyl groups is 1. The monoisotopic (exact) mass is 270 g/mol. The van der Waals surface area contributed by atoms with Gasteiger partial charge in [-0.05, 0) is 23.3 Å². The van der Waals surface area contributed by atoms with Gasteiger partial charge in [-0.3, -0.25) is 0 Å². The molecule has 0 amide bonds. The Hall–Kier alpha value is -2.04. The van der Waals surface area contributed by atoms with Crippen LogP contribution in [0.1, 0.15) is 29.1 Å². The molecular weight excluding hydrogens is 256 g/mol. The third kappa shape index (κ3) is 1.85. The molecule has 2 aromatic carbocycles. The Morgan fingerprint density at radius 3 is 2.80 bits per heavy atom. The quantitative estimate of drug-likeness (QED) is 0.865. The van der Waals surface area contributed by atoms with E-state index in [1.54, 1.807) is 0 Å². The summed E-state index contributed by atoms with van der Waals surface area (Å²) in [7, 11) is 0. The van der Waals surface area contributed by atoms with Crippen LogP contribution in [0.25, 0.3) is 0 Å². The van der Waals surface area contributed by atoms with Crippen LogP contribution in [0.5, 0.6) is 11.5 Å². The van der Waals surface area contributed by atoms with Gasteiger partial charge in [-0.25, -0.2) is 0 Å². The van der Waals surface area contributed by atoms with Crippen molar-refractivity contribution in [1.82, 2.24) is 0 Å². The summed E-state index contributed by atoms with van der Waals surface area (Å²) in [6.45, 7) is 0.260. The first-order valence-corrected chi connectivity index (χ1v) is 6.62. The number of benzene rings is 2. The maximum Gasteiger partial charge on any atom is 0.231 e. The maximum absolute atomic E-state index is 10.1. The summed E-state index contributed by atoms with van der Waals surface area (Å²) in [6, 6.07) is 13.6. The minimum atomic E-state index is -0.879. The Morgan fingerprint density at radius 1 is 1.00 bits per heavy atom. The summed E-state index contributed by atoms with van der Waals surface area (Å²) in [5.74, 6) is 1.49. The molecule has 20 heavy (non-hydrogen) atoms. The zero-order valence-corrected chi connectivity index (χ0v) is 10.8. The average molecular weight is 270 g/mol. The van der Waals surface area contributed by atoms with E-state index < -0.39 is 6.29 Å². The van der Waals surface area contributed by atoms with Crippen LogP contribution in [0.15, 0.2) is 42.5 Å².